The van der Waals surface area contributed by atoms with Crippen LogP contribution in [0.3, 0.4) is 0 Å². The van der Waals surface area contributed by atoms with Crippen LogP contribution >= 0.6 is 0 Å². The van der Waals surface area contributed by atoms with Crippen LogP contribution in [0.2, 0.25) is 0 Å². The molecule has 1 saturated heterocycles. The van der Waals surface area contributed by atoms with Crippen molar-refractivity contribution in [2.75, 3.05) is 18.1 Å². The van der Waals surface area contributed by atoms with Crippen molar-refractivity contribution in [1.29, 1.82) is 0 Å². The third-order valence-electron chi connectivity index (χ3n) is 4.23. The van der Waals surface area contributed by atoms with Crippen LogP contribution in [0.25, 0.3) is 6.08 Å². The van der Waals surface area contributed by atoms with Gasteiger partial charge in [0.05, 0.1) is 18.9 Å². The van der Waals surface area contributed by atoms with E-state index >= 15 is 0 Å². The number of amides is 4. The largest absolute Gasteiger partial charge is 0.494 e. The molecular weight excluding hydrogens is 384 g/mol. The Kier molecular flexibility index (Phi) is 6.64. The number of anilines is 1. The molecule has 7 nitrogen and oxygen atoms in total. The maximum Gasteiger partial charge on any atom is 0.336 e. The molecule has 7 heteroatoms. The topological polar surface area (TPSA) is 84.9 Å². The molecule has 0 aromatic heterocycles. The summed E-state index contributed by atoms with van der Waals surface area (Å²) in [6.07, 6.45) is 4.74. The van der Waals surface area contributed by atoms with E-state index in [9.17, 15) is 14.4 Å². The minimum absolute atomic E-state index is 0.161. The molecule has 0 bridgehead atoms. The summed E-state index contributed by atoms with van der Waals surface area (Å²) in [4.78, 5) is 38.7. The normalized spacial score (nSPS) is 15.6. The van der Waals surface area contributed by atoms with E-state index in [1.54, 1.807) is 37.3 Å². The number of hydrogen-bond donors (Lipinski definition) is 1. The predicted molar refractivity (Wildman–Crippen MR) is 113 cm³/mol. The Labute approximate surface area is 174 Å². The predicted octanol–water partition coefficient (Wildman–Crippen LogP) is 3.71. The Bertz CT molecular complexity index is 1010. The van der Waals surface area contributed by atoms with Gasteiger partial charge < -0.3 is 9.47 Å². The van der Waals surface area contributed by atoms with Crippen molar-refractivity contribution in [3.8, 4) is 11.5 Å². The summed E-state index contributed by atoms with van der Waals surface area (Å²) < 4.78 is 11.1. The molecule has 2 aromatic carbocycles. The van der Waals surface area contributed by atoms with E-state index in [0.717, 1.165) is 10.5 Å². The number of imide groups is 2. The number of ether oxygens (including phenoxy) is 2. The third kappa shape index (κ3) is 4.57. The Morgan fingerprint density at radius 2 is 1.70 bits per heavy atom. The molecule has 0 unspecified atom stereocenters. The minimum atomic E-state index is -0.844. The molecule has 3 rings (SSSR count). The first-order chi connectivity index (χ1) is 14.5. The van der Waals surface area contributed by atoms with Crippen molar-refractivity contribution in [3.63, 3.8) is 0 Å². The van der Waals surface area contributed by atoms with Gasteiger partial charge in [0.25, 0.3) is 11.8 Å². The van der Waals surface area contributed by atoms with Gasteiger partial charge in [-0.25, -0.2) is 9.69 Å². The highest BCUT2D eigenvalue weighted by Crippen LogP contribution is 2.34. The Hall–Kier alpha value is -3.87. The number of carbonyl (C=O) groups excluding carboxylic acids is 3. The van der Waals surface area contributed by atoms with Gasteiger partial charge >= 0.3 is 6.03 Å². The smallest absolute Gasteiger partial charge is 0.336 e. The molecule has 1 fully saturated rings. The number of barbiturate groups is 1. The Morgan fingerprint density at radius 3 is 2.40 bits per heavy atom. The second kappa shape index (κ2) is 9.56. The maximum absolute atomic E-state index is 13.1. The van der Waals surface area contributed by atoms with E-state index in [-0.39, 0.29) is 11.3 Å². The zero-order valence-corrected chi connectivity index (χ0v) is 16.8. The van der Waals surface area contributed by atoms with Crippen LogP contribution in [0.1, 0.15) is 19.4 Å². The molecule has 30 heavy (non-hydrogen) atoms. The molecule has 0 aliphatic carbocycles. The standard InChI is InChI=1S/C23H22N2O5/c1-3-29-17-13-14-20(30-4-2)19(15-17)25-22(27)18(21(26)24-23(25)28)12-8-11-16-9-6-5-7-10-16/h5-15H,3-4H2,1-2H3,(H,24,26,28)/b11-8+,18-12+. The van der Waals surface area contributed by atoms with Crippen LogP contribution in [0, 0.1) is 0 Å². The number of benzene rings is 2. The van der Waals surface area contributed by atoms with E-state index < -0.39 is 17.8 Å². The fraction of sp³-hybridized carbons (Fsp3) is 0.174. The Balaban J connectivity index is 1.97. The number of allylic oxidation sites excluding steroid dienone is 2. The van der Waals surface area contributed by atoms with Crippen molar-refractivity contribution in [2.24, 2.45) is 0 Å². The first kappa shape index (κ1) is 20.9. The molecule has 1 aliphatic heterocycles. The van der Waals surface area contributed by atoms with E-state index in [0.29, 0.717) is 24.7 Å². The second-order valence-corrected chi connectivity index (χ2v) is 6.25. The first-order valence-electron chi connectivity index (χ1n) is 9.58. The lowest BCUT2D eigenvalue weighted by Crippen LogP contribution is -2.54. The molecule has 0 atom stereocenters. The minimum Gasteiger partial charge on any atom is -0.494 e. The molecule has 4 amide bonds. The molecule has 154 valence electrons. The van der Waals surface area contributed by atoms with Crippen LogP contribution in [0.15, 0.2) is 66.3 Å². The second-order valence-electron chi connectivity index (χ2n) is 6.25. The van der Waals surface area contributed by atoms with Crippen molar-refractivity contribution < 1.29 is 23.9 Å². The highest BCUT2D eigenvalue weighted by molar-refractivity contribution is 6.38. The molecule has 0 saturated carbocycles. The van der Waals surface area contributed by atoms with Crippen LogP contribution in [-0.4, -0.2) is 31.1 Å². The summed E-state index contributed by atoms with van der Waals surface area (Å²) in [5, 5.41) is 2.21. The maximum atomic E-state index is 13.1. The highest BCUT2D eigenvalue weighted by Gasteiger charge is 2.38. The lowest BCUT2D eigenvalue weighted by molar-refractivity contribution is -0.122. The summed E-state index contributed by atoms with van der Waals surface area (Å²) in [5.41, 5.74) is 0.954. The average molecular weight is 406 g/mol. The van der Waals surface area contributed by atoms with Crippen LogP contribution in [0.4, 0.5) is 10.5 Å². The van der Waals surface area contributed by atoms with Crippen molar-refractivity contribution in [2.45, 2.75) is 13.8 Å². The van der Waals surface area contributed by atoms with Gasteiger partial charge in [-0.3, -0.25) is 14.9 Å². The Morgan fingerprint density at radius 1 is 0.967 bits per heavy atom. The molecule has 0 radical (unpaired) electrons. The number of hydrogen-bond acceptors (Lipinski definition) is 5. The van der Waals surface area contributed by atoms with Crippen molar-refractivity contribution in [1.82, 2.24) is 5.32 Å². The number of nitrogens with one attached hydrogen (secondary N) is 1. The number of rotatable bonds is 7. The first-order valence-corrected chi connectivity index (χ1v) is 9.58. The quantitative estimate of drug-likeness (QED) is 0.560. The van der Waals surface area contributed by atoms with Gasteiger partial charge in [-0.1, -0.05) is 42.5 Å². The van der Waals surface area contributed by atoms with Crippen molar-refractivity contribution in [3.05, 3.63) is 71.8 Å². The summed E-state index contributed by atoms with van der Waals surface area (Å²) in [5.74, 6) is -0.685. The lowest BCUT2D eigenvalue weighted by atomic mass is 10.1. The summed E-state index contributed by atoms with van der Waals surface area (Å²) in [7, 11) is 0. The van der Waals surface area contributed by atoms with Gasteiger partial charge in [0.15, 0.2) is 0 Å². The summed E-state index contributed by atoms with van der Waals surface area (Å²) in [6, 6.07) is 13.4. The van der Waals surface area contributed by atoms with Gasteiger partial charge in [0, 0.05) is 6.07 Å². The average Bonchev–Trinajstić information content (AvgIpc) is 2.73. The SMILES string of the molecule is CCOc1ccc(OCC)c(N2C(=O)NC(=O)/C(=C\C=C\c3ccccc3)C2=O)c1. The molecule has 2 aromatic rings. The fourth-order valence-corrected chi connectivity index (χ4v) is 2.92. The van der Waals surface area contributed by atoms with Crippen LogP contribution < -0.4 is 19.7 Å². The third-order valence-corrected chi connectivity index (χ3v) is 4.23. The molecule has 1 aliphatic rings. The van der Waals surface area contributed by atoms with Gasteiger partial charge in [-0.2, -0.15) is 0 Å². The lowest BCUT2D eigenvalue weighted by Gasteiger charge is -2.28. The van der Waals surface area contributed by atoms with Crippen LogP contribution in [-0.2, 0) is 9.59 Å². The van der Waals surface area contributed by atoms with Gasteiger partial charge in [-0.05, 0) is 37.6 Å². The number of nitrogens with zero attached hydrogens (tertiary/aromatic N) is 1. The zero-order chi connectivity index (χ0) is 21.5. The molecule has 1 N–H and O–H groups in total. The number of urea groups is 1. The van der Waals surface area contributed by atoms with Crippen LogP contribution in [0.5, 0.6) is 11.5 Å². The van der Waals surface area contributed by atoms with Gasteiger partial charge in [-0.15, -0.1) is 0 Å². The van der Waals surface area contributed by atoms with E-state index in [1.165, 1.54) is 6.08 Å². The summed E-state index contributed by atoms with van der Waals surface area (Å²) in [6.45, 7) is 4.38. The van der Waals surface area contributed by atoms with E-state index in [1.807, 2.05) is 37.3 Å². The zero-order valence-electron chi connectivity index (χ0n) is 16.8. The van der Waals surface area contributed by atoms with Gasteiger partial charge in [0.1, 0.15) is 17.1 Å². The van der Waals surface area contributed by atoms with Crippen molar-refractivity contribution >= 4 is 29.6 Å². The fourth-order valence-electron chi connectivity index (χ4n) is 2.92. The molecule has 0 spiro atoms. The molecule has 1 heterocycles. The van der Waals surface area contributed by atoms with E-state index in [4.69, 9.17) is 9.47 Å². The number of carbonyl (C=O) groups is 3. The summed E-state index contributed by atoms with van der Waals surface area (Å²) >= 11 is 0. The monoisotopic (exact) mass is 406 g/mol. The molecular formula is C23H22N2O5. The van der Waals surface area contributed by atoms with E-state index in [2.05, 4.69) is 5.32 Å². The van der Waals surface area contributed by atoms with Gasteiger partial charge in [0.2, 0.25) is 0 Å². The highest BCUT2D eigenvalue weighted by atomic mass is 16.5.